The molecule has 0 spiro atoms. The molecule has 1 fully saturated rings. The van der Waals surface area contributed by atoms with E-state index in [1.54, 1.807) is 11.8 Å². The fourth-order valence-electron chi connectivity index (χ4n) is 3.32. The van der Waals surface area contributed by atoms with E-state index in [0.717, 1.165) is 12.0 Å². The Morgan fingerprint density at radius 2 is 2.08 bits per heavy atom. The van der Waals surface area contributed by atoms with Crippen molar-refractivity contribution in [2.24, 2.45) is 0 Å². The first-order valence-corrected chi connectivity index (χ1v) is 8.54. The fraction of sp³-hybridized carbons (Fsp3) is 0.611. The Kier molecular flexibility index (Phi) is 7.12. The first-order chi connectivity index (χ1) is 11.6. The minimum Gasteiger partial charge on any atom is -0.390 e. The second-order valence-electron chi connectivity index (χ2n) is 6.22. The van der Waals surface area contributed by atoms with Gasteiger partial charge >= 0.3 is 0 Å². The first-order valence-electron chi connectivity index (χ1n) is 8.54. The van der Waals surface area contributed by atoms with E-state index in [9.17, 15) is 18.7 Å². The lowest BCUT2D eigenvalue weighted by Gasteiger charge is -2.44. The second kappa shape index (κ2) is 9.08. The molecule has 1 aromatic carbocycles. The Labute approximate surface area is 141 Å². The summed E-state index contributed by atoms with van der Waals surface area (Å²) in [7, 11) is 0. The highest BCUT2D eigenvalue weighted by molar-refractivity contribution is 5.82. The predicted octanol–water partition coefficient (Wildman–Crippen LogP) is 1.87. The fourth-order valence-corrected chi connectivity index (χ4v) is 3.32. The number of piperidine rings is 1. The zero-order valence-corrected chi connectivity index (χ0v) is 14.0. The van der Waals surface area contributed by atoms with Crippen LogP contribution in [-0.2, 0) is 11.2 Å². The van der Waals surface area contributed by atoms with Crippen LogP contribution in [0.5, 0.6) is 0 Å². The van der Waals surface area contributed by atoms with Crippen LogP contribution in [-0.4, -0.2) is 60.0 Å². The molecule has 1 aliphatic heterocycles. The zero-order chi connectivity index (χ0) is 17.5. The van der Waals surface area contributed by atoms with Gasteiger partial charge in [0.15, 0.2) is 6.17 Å². The van der Waals surface area contributed by atoms with Crippen LogP contribution in [0, 0.1) is 0 Å². The molecule has 2 N–H and O–H groups in total. The van der Waals surface area contributed by atoms with Crippen LogP contribution in [0.1, 0.15) is 25.3 Å². The van der Waals surface area contributed by atoms with Gasteiger partial charge in [0.2, 0.25) is 5.91 Å². The number of nitrogens with one attached hydrogen (secondary N) is 1. The predicted molar refractivity (Wildman–Crippen MR) is 89.2 cm³/mol. The lowest BCUT2D eigenvalue weighted by Crippen LogP contribution is -2.63. The summed E-state index contributed by atoms with van der Waals surface area (Å²) in [4.78, 5) is 13.8. The minimum atomic E-state index is -1.70. The van der Waals surface area contributed by atoms with E-state index in [-0.39, 0.29) is 6.42 Å². The van der Waals surface area contributed by atoms with Crippen LogP contribution >= 0.6 is 0 Å². The molecule has 1 aromatic rings. The number of carbonyl (C=O) groups is 1. The van der Waals surface area contributed by atoms with Crippen molar-refractivity contribution in [3.05, 3.63) is 35.9 Å². The molecule has 1 amide bonds. The van der Waals surface area contributed by atoms with E-state index >= 15 is 0 Å². The number of carbonyl (C=O) groups excluding carboxylic acids is 1. The molecule has 6 heteroatoms. The van der Waals surface area contributed by atoms with Crippen LogP contribution < -0.4 is 5.32 Å². The molecule has 24 heavy (non-hydrogen) atoms. The van der Waals surface area contributed by atoms with Crippen molar-refractivity contribution in [3.8, 4) is 0 Å². The first kappa shape index (κ1) is 18.8. The van der Waals surface area contributed by atoms with E-state index in [0.29, 0.717) is 19.5 Å². The molecule has 0 radical (unpaired) electrons. The topological polar surface area (TPSA) is 52.6 Å². The molecular weight excluding hydrogens is 314 g/mol. The number of amides is 1. The second-order valence-corrected chi connectivity index (χ2v) is 6.22. The molecule has 0 aromatic heterocycles. The van der Waals surface area contributed by atoms with Crippen molar-refractivity contribution in [1.82, 2.24) is 10.2 Å². The van der Waals surface area contributed by atoms with E-state index in [1.165, 1.54) is 0 Å². The monoisotopic (exact) mass is 340 g/mol. The molecule has 1 heterocycles. The number of aliphatic hydroxyl groups is 1. The normalized spacial score (nSPS) is 27.8. The summed E-state index contributed by atoms with van der Waals surface area (Å²) < 4.78 is 27.8. The number of alkyl halides is 2. The van der Waals surface area contributed by atoms with Crippen LogP contribution in [0.2, 0.25) is 0 Å². The Bertz CT molecular complexity index is 515. The van der Waals surface area contributed by atoms with E-state index < -0.39 is 36.9 Å². The van der Waals surface area contributed by atoms with Gasteiger partial charge in [-0.15, -0.1) is 0 Å². The Morgan fingerprint density at radius 1 is 1.38 bits per heavy atom. The maximum Gasteiger partial charge on any atom is 0.240 e. The maximum atomic E-state index is 14.5. The number of hydrogen-bond acceptors (Lipinski definition) is 3. The molecule has 1 saturated heterocycles. The smallest absolute Gasteiger partial charge is 0.240 e. The molecule has 2 rings (SSSR count). The SMILES string of the molecule is CCNC(=O)C1C(F)C(O)CC(CF)N1CCCc1ccccc1. The van der Waals surface area contributed by atoms with Gasteiger partial charge in [-0.25, -0.2) is 8.78 Å². The molecule has 0 aliphatic carbocycles. The lowest BCUT2D eigenvalue weighted by molar-refractivity contribution is -0.139. The summed E-state index contributed by atoms with van der Waals surface area (Å²) in [5.41, 5.74) is 1.15. The number of aryl methyl sites for hydroxylation is 1. The Balaban J connectivity index is 2.06. The van der Waals surface area contributed by atoms with E-state index in [4.69, 9.17) is 0 Å². The van der Waals surface area contributed by atoms with Crippen LogP contribution in [0.4, 0.5) is 8.78 Å². The molecule has 134 valence electrons. The number of halogens is 2. The van der Waals surface area contributed by atoms with Gasteiger partial charge in [0.25, 0.3) is 0 Å². The maximum absolute atomic E-state index is 14.5. The number of likely N-dealkylation sites (tertiary alicyclic amines) is 1. The van der Waals surface area contributed by atoms with Gasteiger partial charge in [0.05, 0.1) is 6.10 Å². The van der Waals surface area contributed by atoms with E-state index in [1.807, 2.05) is 30.3 Å². The Hall–Kier alpha value is -1.53. The van der Waals surface area contributed by atoms with Crippen molar-refractivity contribution in [3.63, 3.8) is 0 Å². The quantitative estimate of drug-likeness (QED) is 0.797. The molecular formula is C18H26F2N2O2. The number of nitrogens with zero attached hydrogens (tertiary/aromatic N) is 1. The summed E-state index contributed by atoms with van der Waals surface area (Å²) in [6.07, 6.45) is -1.52. The van der Waals surface area contributed by atoms with Crippen molar-refractivity contribution in [2.75, 3.05) is 19.8 Å². The summed E-state index contributed by atoms with van der Waals surface area (Å²) >= 11 is 0. The number of benzene rings is 1. The van der Waals surface area contributed by atoms with Crippen molar-refractivity contribution in [1.29, 1.82) is 0 Å². The number of hydrogen-bond donors (Lipinski definition) is 2. The number of aliphatic hydroxyl groups excluding tert-OH is 1. The summed E-state index contributed by atoms with van der Waals surface area (Å²) in [6, 6.07) is 8.09. The van der Waals surface area contributed by atoms with Gasteiger partial charge in [-0.3, -0.25) is 9.69 Å². The van der Waals surface area contributed by atoms with Crippen molar-refractivity contribution in [2.45, 2.75) is 50.5 Å². The highest BCUT2D eigenvalue weighted by Gasteiger charge is 2.46. The van der Waals surface area contributed by atoms with Gasteiger partial charge in [0.1, 0.15) is 12.7 Å². The average molecular weight is 340 g/mol. The van der Waals surface area contributed by atoms with Gasteiger partial charge in [-0.1, -0.05) is 30.3 Å². The third kappa shape index (κ3) is 4.51. The molecule has 4 nitrogen and oxygen atoms in total. The largest absolute Gasteiger partial charge is 0.390 e. The summed E-state index contributed by atoms with van der Waals surface area (Å²) in [5, 5.41) is 12.4. The summed E-state index contributed by atoms with van der Waals surface area (Å²) in [6.45, 7) is 1.83. The van der Waals surface area contributed by atoms with Crippen molar-refractivity contribution >= 4 is 5.91 Å². The highest BCUT2D eigenvalue weighted by Crippen LogP contribution is 2.27. The highest BCUT2D eigenvalue weighted by atomic mass is 19.1. The summed E-state index contributed by atoms with van der Waals surface area (Å²) in [5.74, 6) is -0.484. The van der Waals surface area contributed by atoms with Gasteiger partial charge in [-0.05, 0) is 38.3 Å². The van der Waals surface area contributed by atoms with Crippen LogP contribution in [0.25, 0.3) is 0 Å². The molecule has 4 atom stereocenters. The van der Waals surface area contributed by atoms with E-state index in [2.05, 4.69) is 5.32 Å². The average Bonchev–Trinajstić information content (AvgIpc) is 2.59. The molecule has 4 unspecified atom stereocenters. The third-order valence-electron chi connectivity index (χ3n) is 4.53. The molecule has 0 bridgehead atoms. The Morgan fingerprint density at radius 3 is 2.71 bits per heavy atom. The third-order valence-corrected chi connectivity index (χ3v) is 4.53. The van der Waals surface area contributed by atoms with Crippen LogP contribution in [0.15, 0.2) is 30.3 Å². The molecule has 1 aliphatic rings. The van der Waals surface area contributed by atoms with Crippen molar-refractivity contribution < 1.29 is 18.7 Å². The van der Waals surface area contributed by atoms with Gasteiger partial charge in [0, 0.05) is 12.6 Å². The lowest BCUT2D eigenvalue weighted by atomic mass is 9.90. The van der Waals surface area contributed by atoms with Crippen LogP contribution in [0.3, 0.4) is 0 Å². The standard InChI is InChI=1S/C18H26F2N2O2/c1-2-21-18(24)17-16(20)15(23)11-14(12-19)22(17)10-6-9-13-7-4-3-5-8-13/h3-5,7-8,14-17,23H,2,6,9-12H2,1H3,(H,21,24). The number of rotatable bonds is 7. The molecule has 0 saturated carbocycles. The number of likely N-dealkylation sites (N-methyl/N-ethyl adjacent to an activating group) is 1. The van der Waals surface area contributed by atoms with Gasteiger partial charge < -0.3 is 10.4 Å². The minimum absolute atomic E-state index is 0.0128. The zero-order valence-electron chi connectivity index (χ0n) is 14.0. The van der Waals surface area contributed by atoms with Gasteiger partial charge in [-0.2, -0.15) is 0 Å².